The van der Waals surface area contributed by atoms with Crippen molar-refractivity contribution in [2.24, 2.45) is 0 Å². The Morgan fingerprint density at radius 1 is 0.902 bits per heavy atom. The van der Waals surface area contributed by atoms with Crippen LogP contribution < -0.4 is 15.9 Å². The Labute approximate surface area is 236 Å². The van der Waals surface area contributed by atoms with Crippen molar-refractivity contribution >= 4 is 40.0 Å². The van der Waals surface area contributed by atoms with Gasteiger partial charge in [-0.05, 0) is 54.0 Å². The fourth-order valence-electron chi connectivity index (χ4n) is 4.83. The van der Waals surface area contributed by atoms with Crippen LogP contribution in [0.4, 0.5) is 10.1 Å². The highest BCUT2D eigenvalue weighted by molar-refractivity contribution is 5.97. The molecule has 6 nitrogen and oxygen atoms in total. The quantitative estimate of drug-likeness (QED) is 0.216. The highest BCUT2D eigenvalue weighted by Crippen LogP contribution is 2.31. The third kappa shape index (κ3) is 5.21. The fourth-order valence-corrected chi connectivity index (χ4v) is 4.83. The number of nitrogens with zero attached hydrogens (tertiary/aromatic N) is 3. The number of nitrogens with one attached hydrogen (secondary N) is 3. The van der Waals surface area contributed by atoms with Gasteiger partial charge in [-0.25, -0.2) is 4.39 Å². The van der Waals surface area contributed by atoms with E-state index in [0.717, 1.165) is 72.1 Å². The van der Waals surface area contributed by atoms with Gasteiger partial charge in [0.2, 0.25) is 0 Å². The number of halogens is 1. The Kier molecular flexibility index (Phi) is 6.83. The van der Waals surface area contributed by atoms with Crippen LogP contribution in [0, 0.1) is 5.82 Å². The Balaban J connectivity index is 1.37. The lowest BCUT2D eigenvalue weighted by molar-refractivity contribution is 0.628. The molecule has 0 amide bonds. The average molecular weight is 539 g/mol. The SMILES string of the molecule is C=C(/C=c1/c(-c2cc3c(-c4cccc(F)c4)cncc3[nH]2)n[nH]/c1=C/C)c1cncc(NC(=C)c2ccccc2)c1. The van der Waals surface area contributed by atoms with Gasteiger partial charge in [-0.1, -0.05) is 61.7 Å². The number of aromatic nitrogens is 5. The van der Waals surface area contributed by atoms with Crippen LogP contribution >= 0.6 is 0 Å². The molecule has 0 unspecified atom stereocenters. The molecule has 0 bridgehead atoms. The van der Waals surface area contributed by atoms with E-state index in [1.54, 1.807) is 30.9 Å². The molecule has 0 saturated heterocycles. The second-order valence-electron chi connectivity index (χ2n) is 9.63. The van der Waals surface area contributed by atoms with E-state index in [4.69, 9.17) is 0 Å². The zero-order valence-electron chi connectivity index (χ0n) is 22.4. The van der Waals surface area contributed by atoms with E-state index in [-0.39, 0.29) is 5.82 Å². The van der Waals surface area contributed by atoms with Gasteiger partial charge in [0, 0.05) is 39.8 Å². The Morgan fingerprint density at radius 2 is 1.73 bits per heavy atom. The van der Waals surface area contributed by atoms with E-state index in [1.165, 1.54) is 12.1 Å². The van der Waals surface area contributed by atoms with Crippen LogP contribution in [-0.4, -0.2) is 25.1 Å². The molecule has 0 fully saturated rings. The number of H-pyrrole nitrogens is 2. The summed E-state index contributed by atoms with van der Waals surface area (Å²) >= 11 is 0. The first-order valence-corrected chi connectivity index (χ1v) is 13.1. The number of hydrogen-bond acceptors (Lipinski definition) is 4. The number of benzene rings is 2. The standard InChI is InChI=1S/C34H27FN6/c1-4-31-29(13-21(2)25-15-27(18-36-17-25)38-22(3)23-9-6-5-7-10-23)34(41-40-31)32-16-28-30(19-37-20-33(28)39-32)24-11-8-12-26(35)14-24/h4-20,38-40H,2-3H2,1H3/b29-13+,31-4+. The number of anilines is 1. The number of allylic oxidation sites excluding steroid dienone is 1. The van der Waals surface area contributed by atoms with Crippen LogP contribution in [-0.2, 0) is 0 Å². The summed E-state index contributed by atoms with van der Waals surface area (Å²) in [5.74, 6) is -0.292. The summed E-state index contributed by atoms with van der Waals surface area (Å²) in [6.07, 6.45) is 11.0. The normalized spacial score (nSPS) is 12.1. The van der Waals surface area contributed by atoms with Gasteiger partial charge >= 0.3 is 0 Å². The van der Waals surface area contributed by atoms with Gasteiger partial charge in [0.1, 0.15) is 11.5 Å². The fraction of sp³-hybridized carbons (Fsp3) is 0.0294. The molecule has 6 aromatic rings. The molecule has 7 heteroatoms. The number of fused-ring (bicyclic) bond motifs is 1. The number of aromatic amines is 2. The molecule has 4 aromatic heterocycles. The molecule has 0 radical (unpaired) electrons. The monoisotopic (exact) mass is 538 g/mol. The van der Waals surface area contributed by atoms with Gasteiger partial charge < -0.3 is 10.3 Å². The Hall–Kier alpha value is -5.56. The minimum Gasteiger partial charge on any atom is -0.354 e. The van der Waals surface area contributed by atoms with E-state index >= 15 is 0 Å². The molecular weight excluding hydrogens is 511 g/mol. The van der Waals surface area contributed by atoms with Crippen molar-refractivity contribution in [2.45, 2.75) is 6.92 Å². The molecule has 0 aliphatic carbocycles. The Bertz CT molecular complexity index is 2040. The summed E-state index contributed by atoms with van der Waals surface area (Å²) in [5, 5.41) is 13.8. The van der Waals surface area contributed by atoms with Gasteiger partial charge in [0.25, 0.3) is 0 Å². The van der Waals surface area contributed by atoms with Crippen LogP contribution in [0.1, 0.15) is 18.1 Å². The van der Waals surface area contributed by atoms with Crippen molar-refractivity contribution in [3.05, 3.63) is 132 Å². The largest absolute Gasteiger partial charge is 0.354 e. The van der Waals surface area contributed by atoms with Crippen LogP contribution in [0.3, 0.4) is 0 Å². The van der Waals surface area contributed by atoms with E-state index in [0.29, 0.717) is 0 Å². The van der Waals surface area contributed by atoms with Crippen LogP contribution in [0.15, 0.2) is 105 Å². The van der Waals surface area contributed by atoms with Crippen LogP contribution in [0.25, 0.3) is 56.8 Å². The molecule has 0 spiro atoms. The van der Waals surface area contributed by atoms with Gasteiger partial charge in [0.05, 0.1) is 34.6 Å². The van der Waals surface area contributed by atoms with Gasteiger partial charge in [0.15, 0.2) is 0 Å². The average Bonchev–Trinajstić information content (AvgIpc) is 3.61. The van der Waals surface area contributed by atoms with Gasteiger partial charge in [-0.2, -0.15) is 5.10 Å². The maximum absolute atomic E-state index is 14.0. The molecule has 6 rings (SSSR count). The highest BCUT2D eigenvalue weighted by atomic mass is 19.1. The smallest absolute Gasteiger partial charge is 0.123 e. The first kappa shape index (κ1) is 25.7. The lowest BCUT2D eigenvalue weighted by Crippen LogP contribution is -2.23. The summed E-state index contributed by atoms with van der Waals surface area (Å²) in [6.45, 7) is 10.4. The number of pyridine rings is 2. The lowest BCUT2D eigenvalue weighted by Gasteiger charge is -2.11. The topological polar surface area (TPSA) is 82.3 Å². The van der Waals surface area contributed by atoms with E-state index < -0.39 is 0 Å². The molecule has 0 saturated carbocycles. The van der Waals surface area contributed by atoms with Crippen molar-refractivity contribution in [1.29, 1.82) is 0 Å². The molecule has 4 heterocycles. The first-order valence-electron chi connectivity index (χ1n) is 13.1. The van der Waals surface area contributed by atoms with Crippen molar-refractivity contribution < 1.29 is 4.39 Å². The summed E-state index contributed by atoms with van der Waals surface area (Å²) < 4.78 is 14.0. The molecule has 41 heavy (non-hydrogen) atoms. The minimum atomic E-state index is -0.292. The lowest BCUT2D eigenvalue weighted by atomic mass is 10.0. The predicted molar refractivity (Wildman–Crippen MR) is 165 cm³/mol. The maximum Gasteiger partial charge on any atom is 0.123 e. The predicted octanol–water partition coefficient (Wildman–Crippen LogP) is 6.53. The second kappa shape index (κ2) is 10.9. The third-order valence-corrected chi connectivity index (χ3v) is 6.90. The first-order chi connectivity index (χ1) is 20.0. The van der Waals surface area contributed by atoms with Gasteiger partial charge in [-0.3, -0.25) is 15.1 Å². The van der Waals surface area contributed by atoms with Crippen LogP contribution in [0.5, 0.6) is 0 Å². The molecule has 0 aliphatic rings. The highest BCUT2D eigenvalue weighted by Gasteiger charge is 2.13. The van der Waals surface area contributed by atoms with E-state index in [9.17, 15) is 4.39 Å². The zero-order valence-corrected chi connectivity index (χ0v) is 22.4. The second-order valence-corrected chi connectivity index (χ2v) is 9.63. The summed E-state index contributed by atoms with van der Waals surface area (Å²) in [6, 6.07) is 20.5. The number of hydrogen-bond donors (Lipinski definition) is 3. The minimum absolute atomic E-state index is 0.292. The summed E-state index contributed by atoms with van der Waals surface area (Å²) in [4.78, 5) is 12.2. The maximum atomic E-state index is 14.0. The molecule has 2 aromatic carbocycles. The van der Waals surface area contributed by atoms with Crippen LogP contribution in [0.2, 0.25) is 0 Å². The Morgan fingerprint density at radius 3 is 2.54 bits per heavy atom. The molecule has 0 atom stereocenters. The third-order valence-electron chi connectivity index (χ3n) is 6.90. The van der Waals surface area contributed by atoms with Gasteiger partial charge in [-0.15, -0.1) is 0 Å². The van der Waals surface area contributed by atoms with Crippen molar-refractivity contribution in [2.75, 3.05) is 5.32 Å². The molecule has 0 aliphatic heterocycles. The molecule has 200 valence electrons. The van der Waals surface area contributed by atoms with Crippen molar-refractivity contribution in [1.82, 2.24) is 25.1 Å². The summed E-state index contributed by atoms with van der Waals surface area (Å²) in [5.41, 5.74) is 8.20. The number of rotatable bonds is 7. The zero-order chi connectivity index (χ0) is 28.3. The molecule has 3 N–H and O–H groups in total. The molecular formula is C34H27FN6. The van der Waals surface area contributed by atoms with Crippen molar-refractivity contribution in [3.8, 4) is 22.5 Å². The van der Waals surface area contributed by atoms with E-state index in [2.05, 4.69) is 43.6 Å². The van der Waals surface area contributed by atoms with E-state index in [1.807, 2.05) is 67.6 Å². The van der Waals surface area contributed by atoms with Crippen molar-refractivity contribution in [3.63, 3.8) is 0 Å². The summed E-state index contributed by atoms with van der Waals surface area (Å²) in [7, 11) is 0.